The van der Waals surface area contributed by atoms with E-state index in [2.05, 4.69) is 215 Å². The second-order valence-electron chi connectivity index (χ2n) is 22.4. The molecule has 85 heavy (non-hydrogen) atoms. The molecule has 9 nitrogen and oxygen atoms in total. The van der Waals surface area contributed by atoms with Gasteiger partial charge in [0.25, 0.3) is 0 Å². The van der Waals surface area contributed by atoms with Crippen molar-refractivity contribution in [3.8, 4) is 34.6 Å². The average Bonchev–Trinajstić information content (AvgIpc) is 2.19. The van der Waals surface area contributed by atoms with Gasteiger partial charge in [-0.2, -0.15) is 12.1 Å². The topological polar surface area (TPSA) is 83.1 Å². The summed E-state index contributed by atoms with van der Waals surface area (Å²) in [5, 5.41) is 4.60. The van der Waals surface area contributed by atoms with Gasteiger partial charge in [-0.25, -0.2) is 15.0 Å². The molecule has 0 fully saturated rings. The Bertz CT molecular complexity index is 4510. The van der Waals surface area contributed by atoms with E-state index in [0.717, 1.165) is 84.4 Å². The Labute approximate surface area is 507 Å². The summed E-state index contributed by atoms with van der Waals surface area (Å²) in [6, 6.07) is 86.4. The molecular formula is C75H55N7O2Pt. The van der Waals surface area contributed by atoms with Crippen LogP contribution in [0.2, 0.25) is 0 Å². The minimum atomic E-state index is -0.221. The average molecular weight is 1280 g/mol. The van der Waals surface area contributed by atoms with E-state index in [1.807, 2.05) is 104 Å². The first-order valence-corrected chi connectivity index (χ1v) is 28.4. The molecule has 8 aromatic carbocycles. The van der Waals surface area contributed by atoms with Gasteiger partial charge in [-0.1, -0.05) is 148 Å². The van der Waals surface area contributed by atoms with E-state index < -0.39 is 0 Å². The van der Waals surface area contributed by atoms with Crippen molar-refractivity contribution in [3.63, 3.8) is 0 Å². The molecule has 0 bridgehead atoms. The van der Waals surface area contributed by atoms with Crippen LogP contribution < -0.4 is 14.4 Å². The van der Waals surface area contributed by atoms with Gasteiger partial charge >= 0.3 is 21.1 Å². The molecule has 412 valence electrons. The maximum atomic E-state index is 6.63. The SMILES string of the molecule is CC1(C)c2ccc(Oc3[c-]c4c(cc3)c3ccccc3n4-c3ccccn3)[c-]c2N(c2ccccn2)c2ccccc21.CC1(C)c2ccccc2C(c2ccccn2)c2cc(Oc3ccc4c5ccccc5n(-c5ccccn5)c4c3)ccc21.[Pt+2]. The molecule has 0 radical (unpaired) electrons. The summed E-state index contributed by atoms with van der Waals surface area (Å²) < 4.78 is 17.5. The Kier molecular flexibility index (Phi) is 13.3. The maximum Gasteiger partial charge on any atom is 2.00 e. The van der Waals surface area contributed by atoms with E-state index in [0.29, 0.717) is 11.5 Å². The summed E-state index contributed by atoms with van der Waals surface area (Å²) in [6.07, 6.45) is 7.35. The monoisotopic (exact) mass is 1280 g/mol. The van der Waals surface area contributed by atoms with Crippen molar-refractivity contribution in [3.05, 3.63) is 307 Å². The fraction of sp³-hybridized carbons (Fsp3) is 0.0933. The molecule has 2 aliphatic rings. The Morgan fingerprint density at radius 1 is 0.388 bits per heavy atom. The molecule has 0 spiro atoms. The standard InChI is InChI=1S/C38H29N3O.C37H26N4O.Pt/c1-38(2)31-13-5-3-12-29(31)37(33-14-7-9-21-39-33)30-23-25(18-20-32(30)38)42-26-17-19-28-27-11-4-6-15-34(27)41(35(28)24-26)36-16-8-10-22-40-36;1-37(2)29-12-4-6-14-32(29)41(36-16-8-10-22-39-36)34-24-26(18-20-30(34)37)42-25-17-19-28-27-11-3-5-13-31(27)40(33(28)23-25)35-15-7-9-21-38-35;/h3-24,37H,1-2H3;3-22H,1-2H3;/q;-2;+2. The first-order valence-electron chi connectivity index (χ1n) is 28.4. The van der Waals surface area contributed by atoms with Gasteiger partial charge in [-0.05, 0) is 130 Å². The molecule has 1 atom stereocenters. The predicted octanol–water partition coefficient (Wildman–Crippen LogP) is 18.3. The number of para-hydroxylation sites is 3. The van der Waals surface area contributed by atoms with Crippen molar-refractivity contribution in [1.29, 1.82) is 0 Å². The van der Waals surface area contributed by atoms with Crippen molar-refractivity contribution < 1.29 is 30.5 Å². The van der Waals surface area contributed by atoms with Gasteiger partial charge in [0.1, 0.15) is 29.0 Å². The molecule has 10 heteroatoms. The molecule has 0 amide bonds. The predicted molar refractivity (Wildman–Crippen MR) is 336 cm³/mol. The summed E-state index contributed by atoms with van der Waals surface area (Å²) in [5.74, 6) is 5.40. The fourth-order valence-corrected chi connectivity index (χ4v) is 13.0. The zero-order chi connectivity index (χ0) is 56.5. The molecule has 6 aromatic heterocycles. The third kappa shape index (κ3) is 9.05. The van der Waals surface area contributed by atoms with E-state index >= 15 is 0 Å². The van der Waals surface area contributed by atoms with Crippen LogP contribution in [0, 0.1) is 12.1 Å². The number of nitrogens with zero attached hydrogens (tertiary/aromatic N) is 7. The van der Waals surface area contributed by atoms with E-state index in [9.17, 15) is 0 Å². The molecule has 14 aromatic rings. The third-order valence-electron chi connectivity index (χ3n) is 16.8. The van der Waals surface area contributed by atoms with E-state index in [1.54, 1.807) is 0 Å². The van der Waals surface area contributed by atoms with Crippen LogP contribution >= 0.6 is 0 Å². The first kappa shape index (κ1) is 53.1. The third-order valence-corrected chi connectivity index (χ3v) is 16.8. The molecule has 1 aliphatic heterocycles. The number of benzene rings is 8. The Hall–Kier alpha value is -9.95. The Morgan fingerprint density at radius 3 is 1.62 bits per heavy atom. The van der Waals surface area contributed by atoms with Gasteiger partial charge in [-0.3, -0.25) is 9.55 Å². The summed E-state index contributed by atoms with van der Waals surface area (Å²) in [5.41, 5.74) is 14.5. The number of pyridine rings is 4. The van der Waals surface area contributed by atoms with Gasteiger partial charge in [0, 0.05) is 69.7 Å². The van der Waals surface area contributed by atoms with Crippen LogP contribution in [0.25, 0.3) is 55.2 Å². The molecule has 0 saturated carbocycles. The molecule has 0 N–H and O–H groups in total. The van der Waals surface area contributed by atoms with Gasteiger partial charge in [0.2, 0.25) is 0 Å². The zero-order valence-electron chi connectivity index (χ0n) is 47.1. The largest absolute Gasteiger partial charge is 2.00 e. The first-order chi connectivity index (χ1) is 41.2. The van der Waals surface area contributed by atoms with Crippen molar-refractivity contribution in [2.45, 2.75) is 44.4 Å². The molecule has 1 unspecified atom stereocenters. The van der Waals surface area contributed by atoms with Crippen molar-refractivity contribution >= 4 is 60.8 Å². The maximum absolute atomic E-state index is 6.63. The smallest absolute Gasteiger partial charge is 0.509 e. The number of hydrogen-bond acceptors (Lipinski definition) is 7. The zero-order valence-corrected chi connectivity index (χ0v) is 49.4. The van der Waals surface area contributed by atoms with E-state index in [-0.39, 0.29) is 37.8 Å². The van der Waals surface area contributed by atoms with Crippen LogP contribution in [-0.4, -0.2) is 29.1 Å². The van der Waals surface area contributed by atoms with Gasteiger partial charge in [0.05, 0.1) is 22.6 Å². The molecule has 1 aliphatic carbocycles. The van der Waals surface area contributed by atoms with Gasteiger partial charge in [-0.15, -0.1) is 35.2 Å². The van der Waals surface area contributed by atoms with E-state index in [4.69, 9.17) is 19.4 Å². The number of rotatable bonds is 8. The van der Waals surface area contributed by atoms with Crippen LogP contribution in [0.3, 0.4) is 0 Å². The summed E-state index contributed by atoms with van der Waals surface area (Å²) in [4.78, 5) is 21.0. The number of hydrogen-bond donors (Lipinski definition) is 0. The number of aromatic nitrogens is 6. The molecule has 0 saturated heterocycles. The van der Waals surface area contributed by atoms with Gasteiger partial charge in [0.15, 0.2) is 0 Å². The quantitative estimate of drug-likeness (QED) is 0.140. The van der Waals surface area contributed by atoms with Crippen molar-refractivity contribution in [2.24, 2.45) is 0 Å². The van der Waals surface area contributed by atoms with Crippen LogP contribution in [0.1, 0.15) is 72.7 Å². The summed E-state index contributed by atoms with van der Waals surface area (Å²) in [7, 11) is 0. The number of anilines is 3. The fourth-order valence-electron chi connectivity index (χ4n) is 13.0. The second kappa shape index (κ2) is 21.3. The minimum Gasteiger partial charge on any atom is -0.509 e. The van der Waals surface area contributed by atoms with Crippen LogP contribution in [0.4, 0.5) is 17.2 Å². The van der Waals surface area contributed by atoms with E-state index in [1.165, 1.54) is 38.6 Å². The summed E-state index contributed by atoms with van der Waals surface area (Å²) in [6.45, 7) is 9.13. The molecule has 16 rings (SSSR count). The second-order valence-corrected chi connectivity index (χ2v) is 22.4. The normalized spacial score (nSPS) is 14.3. The van der Waals surface area contributed by atoms with Crippen molar-refractivity contribution in [1.82, 2.24) is 29.1 Å². The van der Waals surface area contributed by atoms with Gasteiger partial charge < -0.3 is 18.9 Å². The Balaban J connectivity index is 0.000000149. The van der Waals surface area contributed by atoms with Crippen LogP contribution in [0.15, 0.2) is 255 Å². The molecular weight excluding hydrogens is 1230 g/mol. The number of ether oxygens (including phenoxy) is 2. The minimum absolute atomic E-state index is 0. The molecule has 7 heterocycles. The Morgan fingerprint density at radius 2 is 0.906 bits per heavy atom. The van der Waals surface area contributed by atoms with Crippen LogP contribution in [0.5, 0.6) is 23.0 Å². The van der Waals surface area contributed by atoms with Crippen LogP contribution in [-0.2, 0) is 31.9 Å². The van der Waals surface area contributed by atoms with Crippen molar-refractivity contribution in [2.75, 3.05) is 4.90 Å². The summed E-state index contributed by atoms with van der Waals surface area (Å²) >= 11 is 0. The number of fused-ring (bicyclic) bond motifs is 10.